The molecule has 0 bridgehead atoms. The third-order valence-electron chi connectivity index (χ3n) is 4.01. The number of carbonyl (C=O) groups is 2. The predicted molar refractivity (Wildman–Crippen MR) is 91.7 cm³/mol. The molecule has 7 heteroatoms. The molecule has 1 atom stereocenters. The Morgan fingerprint density at radius 2 is 1.96 bits per heavy atom. The number of benzene rings is 1. The number of amides is 3. The van der Waals surface area contributed by atoms with Gasteiger partial charge in [-0.1, -0.05) is 0 Å². The number of piperazine rings is 1. The first-order chi connectivity index (χ1) is 11.4. The molecule has 0 saturated carbocycles. The fourth-order valence-corrected chi connectivity index (χ4v) is 2.72. The van der Waals surface area contributed by atoms with Crippen molar-refractivity contribution in [1.29, 1.82) is 0 Å². The van der Waals surface area contributed by atoms with Gasteiger partial charge in [-0.15, -0.1) is 0 Å². The first-order valence-electron chi connectivity index (χ1n) is 7.99. The van der Waals surface area contributed by atoms with Crippen molar-refractivity contribution in [3.05, 3.63) is 18.2 Å². The minimum absolute atomic E-state index is 0.0244. The summed E-state index contributed by atoms with van der Waals surface area (Å²) in [5.41, 5.74) is 0.651. The Hall–Kier alpha value is -2.44. The molecule has 1 heterocycles. The average molecular weight is 335 g/mol. The maximum absolute atomic E-state index is 12.8. The summed E-state index contributed by atoms with van der Waals surface area (Å²) in [6.45, 7) is 6.37. The van der Waals surface area contributed by atoms with E-state index < -0.39 is 6.04 Å². The molecular formula is C17H25N3O4. The highest BCUT2D eigenvalue weighted by molar-refractivity contribution is 6.01. The number of urea groups is 1. The molecule has 2 rings (SSSR count). The summed E-state index contributed by atoms with van der Waals surface area (Å²) in [6, 6.07) is 4.58. The lowest BCUT2D eigenvalue weighted by molar-refractivity contribution is -0.124. The molecule has 1 aliphatic rings. The molecule has 1 saturated heterocycles. The largest absolute Gasteiger partial charge is 0.497 e. The summed E-state index contributed by atoms with van der Waals surface area (Å²) >= 11 is 0. The third-order valence-corrected chi connectivity index (χ3v) is 4.01. The van der Waals surface area contributed by atoms with E-state index in [1.54, 1.807) is 49.1 Å². The van der Waals surface area contributed by atoms with Crippen molar-refractivity contribution < 1.29 is 19.1 Å². The summed E-state index contributed by atoms with van der Waals surface area (Å²) in [5, 5.41) is 2.83. The number of hydrogen-bond donors (Lipinski definition) is 1. The number of nitrogens with zero attached hydrogens (tertiary/aromatic N) is 2. The van der Waals surface area contributed by atoms with E-state index >= 15 is 0 Å². The number of hydrogen-bond acceptors (Lipinski definition) is 4. The maximum atomic E-state index is 12.8. The van der Waals surface area contributed by atoms with E-state index in [1.807, 2.05) is 13.8 Å². The van der Waals surface area contributed by atoms with E-state index in [2.05, 4.69) is 5.32 Å². The van der Waals surface area contributed by atoms with Crippen molar-refractivity contribution in [3.63, 3.8) is 0 Å². The standard InChI is InChI=1S/C17H25N3O4/c1-11(2)18-17(22)19-8-9-20(16(21)12(19)3)14-10-13(23-4)6-7-15(14)24-5/h6-7,10-12H,8-9H2,1-5H3,(H,18,22). The van der Waals surface area contributed by atoms with Gasteiger partial charge in [0, 0.05) is 25.2 Å². The highest BCUT2D eigenvalue weighted by Crippen LogP contribution is 2.34. The Kier molecular flexibility index (Phi) is 5.54. The Balaban J connectivity index is 2.24. The van der Waals surface area contributed by atoms with Gasteiger partial charge in [-0.25, -0.2) is 4.79 Å². The monoisotopic (exact) mass is 335 g/mol. The molecule has 0 aromatic heterocycles. The number of nitrogens with one attached hydrogen (secondary N) is 1. The van der Waals surface area contributed by atoms with Crippen LogP contribution in [0.25, 0.3) is 0 Å². The van der Waals surface area contributed by atoms with Crippen LogP contribution in [0.2, 0.25) is 0 Å². The summed E-state index contributed by atoms with van der Waals surface area (Å²) in [4.78, 5) is 28.2. The lowest BCUT2D eigenvalue weighted by Gasteiger charge is -2.39. The molecular weight excluding hydrogens is 310 g/mol. The van der Waals surface area contributed by atoms with Crippen LogP contribution in [-0.4, -0.2) is 56.2 Å². The molecule has 1 unspecified atom stereocenters. The van der Waals surface area contributed by atoms with Crippen molar-refractivity contribution in [3.8, 4) is 11.5 Å². The zero-order valence-corrected chi connectivity index (χ0v) is 14.8. The van der Waals surface area contributed by atoms with Crippen LogP contribution in [0.15, 0.2) is 18.2 Å². The van der Waals surface area contributed by atoms with E-state index in [9.17, 15) is 9.59 Å². The van der Waals surface area contributed by atoms with Crippen LogP contribution in [0.1, 0.15) is 20.8 Å². The van der Waals surface area contributed by atoms with Crippen molar-refractivity contribution in [1.82, 2.24) is 10.2 Å². The van der Waals surface area contributed by atoms with Gasteiger partial charge in [0.1, 0.15) is 17.5 Å². The van der Waals surface area contributed by atoms with Crippen molar-refractivity contribution in [2.45, 2.75) is 32.9 Å². The van der Waals surface area contributed by atoms with E-state index in [1.165, 1.54) is 0 Å². The summed E-state index contributed by atoms with van der Waals surface area (Å²) in [7, 11) is 3.13. The molecule has 1 N–H and O–H groups in total. The molecule has 24 heavy (non-hydrogen) atoms. The van der Waals surface area contributed by atoms with E-state index in [0.29, 0.717) is 30.3 Å². The maximum Gasteiger partial charge on any atom is 0.318 e. The Morgan fingerprint density at radius 3 is 2.54 bits per heavy atom. The second-order valence-corrected chi connectivity index (χ2v) is 6.00. The summed E-state index contributed by atoms with van der Waals surface area (Å²) in [5.74, 6) is 1.09. The number of methoxy groups -OCH3 is 2. The number of ether oxygens (including phenoxy) is 2. The van der Waals surface area contributed by atoms with Gasteiger partial charge in [-0.05, 0) is 32.9 Å². The van der Waals surface area contributed by atoms with Crippen molar-refractivity contribution in [2.24, 2.45) is 0 Å². The zero-order chi connectivity index (χ0) is 17.9. The number of carbonyl (C=O) groups excluding carboxylic acids is 2. The van der Waals surface area contributed by atoms with Crippen LogP contribution in [0.3, 0.4) is 0 Å². The van der Waals surface area contributed by atoms with Gasteiger partial charge in [-0.3, -0.25) is 4.79 Å². The zero-order valence-electron chi connectivity index (χ0n) is 14.8. The fourth-order valence-electron chi connectivity index (χ4n) is 2.72. The molecule has 132 valence electrons. The molecule has 7 nitrogen and oxygen atoms in total. The van der Waals surface area contributed by atoms with Gasteiger partial charge < -0.3 is 24.6 Å². The van der Waals surface area contributed by atoms with E-state index in [-0.39, 0.29) is 18.0 Å². The second-order valence-electron chi connectivity index (χ2n) is 6.00. The van der Waals surface area contributed by atoms with Gasteiger partial charge in [-0.2, -0.15) is 0 Å². The molecule has 0 radical (unpaired) electrons. The molecule has 0 spiro atoms. The van der Waals surface area contributed by atoms with Crippen LogP contribution in [0.5, 0.6) is 11.5 Å². The first kappa shape index (κ1) is 17.9. The summed E-state index contributed by atoms with van der Waals surface area (Å²) in [6.07, 6.45) is 0. The normalized spacial score (nSPS) is 17.9. The fraction of sp³-hybridized carbons (Fsp3) is 0.529. The van der Waals surface area contributed by atoms with Crippen LogP contribution < -0.4 is 19.7 Å². The Labute approximate surface area is 142 Å². The number of rotatable bonds is 4. The molecule has 3 amide bonds. The highest BCUT2D eigenvalue weighted by atomic mass is 16.5. The predicted octanol–water partition coefficient (Wildman–Crippen LogP) is 1.86. The first-order valence-corrected chi connectivity index (χ1v) is 7.99. The van der Waals surface area contributed by atoms with Crippen LogP contribution >= 0.6 is 0 Å². The van der Waals surface area contributed by atoms with E-state index in [4.69, 9.17) is 9.47 Å². The smallest absolute Gasteiger partial charge is 0.318 e. The molecule has 1 aliphatic heterocycles. The van der Waals surface area contributed by atoms with Crippen LogP contribution in [0.4, 0.5) is 10.5 Å². The minimum atomic E-state index is -0.548. The molecule has 0 aliphatic carbocycles. The van der Waals surface area contributed by atoms with Crippen LogP contribution in [0, 0.1) is 0 Å². The molecule has 1 aromatic carbocycles. The van der Waals surface area contributed by atoms with Gasteiger partial charge in [0.05, 0.1) is 19.9 Å². The average Bonchev–Trinajstić information content (AvgIpc) is 2.56. The topological polar surface area (TPSA) is 71.1 Å². The summed E-state index contributed by atoms with van der Waals surface area (Å²) < 4.78 is 10.6. The SMILES string of the molecule is COc1ccc(OC)c(N2CCN(C(=O)NC(C)C)C(C)C2=O)c1. The second kappa shape index (κ2) is 7.42. The van der Waals surface area contributed by atoms with Crippen molar-refractivity contribution in [2.75, 3.05) is 32.2 Å². The van der Waals surface area contributed by atoms with Gasteiger partial charge in [0.2, 0.25) is 5.91 Å². The minimum Gasteiger partial charge on any atom is -0.497 e. The van der Waals surface area contributed by atoms with E-state index in [0.717, 1.165) is 0 Å². The van der Waals surface area contributed by atoms with Gasteiger partial charge in [0.25, 0.3) is 0 Å². The molecule has 1 aromatic rings. The van der Waals surface area contributed by atoms with Crippen LogP contribution in [-0.2, 0) is 4.79 Å². The van der Waals surface area contributed by atoms with Gasteiger partial charge >= 0.3 is 6.03 Å². The lowest BCUT2D eigenvalue weighted by atomic mass is 10.1. The highest BCUT2D eigenvalue weighted by Gasteiger charge is 2.36. The number of anilines is 1. The lowest BCUT2D eigenvalue weighted by Crippen LogP contribution is -2.60. The van der Waals surface area contributed by atoms with Crippen molar-refractivity contribution >= 4 is 17.6 Å². The quantitative estimate of drug-likeness (QED) is 0.912. The third kappa shape index (κ3) is 3.55. The van der Waals surface area contributed by atoms with Gasteiger partial charge in [0.15, 0.2) is 0 Å². The molecule has 1 fully saturated rings. The Morgan fingerprint density at radius 1 is 1.25 bits per heavy atom. The Bertz CT molecular complexity index is 618.